The Morgan fingerprint density at radius 1 is 1.26 bits per heavy atom. The third kappa shape index (κ3) is 3.12. The van der Waals surface area contributed by atoms with Crippen LogP contribution < -0.4 is 17.1 Å². The van der Waals surface area contributed by atoms with E-state index in [4.69, 9.17) is 15.9 Å². The van der Waals surface area contributed by atoms with Gasteiger partial charge in [-0.15, -0.1) is 12.4 Å². The summed E-state index contributed by atoms with van der Waals surface area (Å²) in [6.45, 7) is 0. The third-order valence-electron chi connectivity index (χ3n) is 2.19. The van der Waals surface area contributed by atoms with Gasteiger partial charge < -0.3 is 15.9 Å². The van der Waals surface area contributed by atoms with Gasteiger partial charge in [-0.2, -0.15) is 4.99 Å². The fourth-order valence-electron chi connectivity index (χ4n) is 1.45. The molecule has 4 N–H and O–H groups in total. The average molecular weight is 347 g/mol. The van der Waals surface area contributed by atoms with Crippen molar-refractivity contribution in [1.29, 1.82) is 0 Å². The van der Waals surface area contributed by atoms with Gasteiger partial charge in [0, 0.05) is 9.86 Å². The number of nitrogens with two attached hydrogens (primary N) is 2. The Balaban J connectivity index is 0.00000180. The SMILES string of the molecule is Cl.NC(N)=NC(=O)c1cc2c(Br)cccc2c(=O)o1. The summed E-state index contributed by atoms with van der Waals surface area (Å²) in [5, 5.41) is 0.925. The van der Waals surface area contributed by atoms with Gasteiger partial charge in [-0.3, -0.25) is 4.79 Å². The van der Waals surface area contributed by atoms with Gasteiger partial charge in [0.05, 0.1) is 5.39 Å². The van der Waals surface area contributed by atoms with Gasteiger partial charge in [0.2, 0.25) is 0 Å². The standard InChI is InChI=1S/C11H8BrN3O3.ClH/c12-7-3-1-2-5-6(7)4-8(18-10(5)17)9(16)15-11(13)14;/h1-4H,(H4,13,14,15,16);1H. The Morgan fingerprint density at radius 3 is 2.58 bits per heavy atom. The number of rotatable bonds is 1. The van der Waals surface area contributed by atoms with Crippen molar-refractivity contribution in [1.82, 2.24) is 0 Å². The zero-order chi connectivity index (χ0) is 13.3. The number of hydrogen-bond donors (Lipinski definition) is 2. The highest BCUT2D eigenvalue weighted by Gasteiger charge is 2.12. The maximum atomic E-state index is 11.7. The summed E-state index contributed by atoms with van der Waals surface area (Å²) in [6.07, 6.45) is 0. The second-order valence-electron chi connectivity index (χ2n) is 3.44. The number of aliphatic imine (C=N–C) groups is 1. The Labute approximate surface area is 122 Å². The van der Waals surface area contributed by atoms with Crippen molar-refractivity contribution < 1.29 is 9.21 Å². The van der Waals surface area contributed by atoms with E-state index in [1.165, 1.54) is 6.07 Å². The number of amides is 1. The van der Waals surface area contributed by atoms with Gasteiger partial charge in [0.1, 0.15) is 0 Å². The van der Waals surface area contributed by atoms with E-state index in [2.05, 4.69) is 20.9 Å². The Hall–Kier alpha value is -1.86. The highest BCUT2D eigenvalue weighted by atomic mass is 79.9. The van der Waals surface area contributed by atoms with Crippen LogP contribution in [-0.2, 0) is 0 Å². The lowest BCUT2D eigenvalue weighted by Gasteiger charge is -2.01. The molecule has 0 aliphatic rings. The van der Waals surface area contributed by atoms with Crippen LogP contribution in [0.15, 0.2) is 42.9 Å². The summed E-state index contributed by atoms with van der Waals surface area (Å²) in [5.74, 6) is -1.41. The highest BCUT2D eigenvalue weighted by Crippen LogP contribution is 2.22. The molecule has 2 rings (SSSR count). The fraction of sp³-hybridized carbons (Fsp3) is 0. The van der Waals surface area contributed by atoms with Gasteiger partial charge in [-0.1, -0.05) is 22.0 Å². The minimum atomic E-state index is -0.801. The molecule has 1 heterocycles. The molecule has 0 saturated carbocycles. The molecule has 0 aliphatic heterocycles. The number of halogens is 2. The molecule has 1 aromatic heterocycles. The van der Waals surface area contributed by atoms with Crippen molar-refractivity contribution in [2.75, 3.05) is 0 Å². The summed E-state index contributed by atoms with van der Waals surface area (Å²) in [6, 6.07) is 6.45. The molecule has 2 aromatic rings. The van der Waals surface area contributed by atoms with Crippen molar-refractivity contribution in [2.45, 2.75) is 0 Å². The first-order valence-corrected chi connectivity index (χ1v) is 5.64. The van der Waals surface area contributed by atoms with Crippen LogP contribution >= 0.6 is 28.3 Å². The number of fused-ring (bicyclic) bond motifs is 1. The van der Waals surface area contributed by atoms with Crippen molar-refractivity contribution in [3.05, 3.63) is 44.9 Å². The molecule has 0 fully saturated rings. The smallest absolute Gasteiger partial charge is 0.344 e. The number of hydrogen-bond acceptors (Lipinski definition) is 3. The van der Waals surface area contributed by atoms with E-state index in [-0.39, 0.29) is 18.2 Å². The molecule has 19 heavy (non-hydrogen) atoms. The monoisotopic (exact) mass is 345 g/mol. The zero-order valence-electron chi connectivity index (χ0n) is 9.42. The molecule has 0 spiro atoms. The van der Waals surface area contributed by atoms with E-state index in [1.54, 1.807) is 18.2 Å². The van der Waals surface area contributed by atoms with Crippen molar-refractivity contribution >= 4 is 51.0 Å². The maximum absolute atomic E-state index is 11.7. The Kier molecular flexibility index (Phi) is 4.68. The highest BCUT2D eigenvalue weighted by molar-refractivity contribution is 9.10. The molecule has 0 unspecified atom stereocenters. The number of carbonyl (C=O) groups excluding carboxylic acids is 1. The predicted molar refractivity (Wildman–Crippen MR) is 77.6 cm³/mol. The van der Waals surface area contributed by atoms with E-state index < -0.39 is 17.5 Å². The number of benzene rings is 1. The van der Waals surface area contributed by atoms with E-state index in [9.17, 15) is 9.59 Å². The van der Waals surface area contributed by atoms with Crippen LogP contribution in [0.5, 0.6) is 0 Å². The molecular formula is C11H9BrClN3O3. The molecule has 8 heteroatoms. The van der Waals surface area contributed by atoms with Gasteiger partial charge >= 0.3 is 11.5 Å². The molecule has 1 aromatic carbocycles. The van der Waals surface area contributed by atoms with Crippen LogP contribution in [0.2, 0.25) is 0 Å². The van der Waals surface area contributed by atoms with Gasteiger partial charge in [-0.05, 0) is 18.2 Å². The minimum Gasteiger partial charge on any atom is -0.417 e. The van der Waals surface area contributed by atoms with Crippen molar-refractivity contribution in [2.24, 2.45) is 16.5 Å². The predicted octanol–water partition coefficient (Wildman–Crippen LogP) is 1.39. The summed E-state index contributed by atoms with van der Waals surface area (Å²) in [5.41, 5.74) is 9.56. The van der Waals surface area contributed by atoms with Gasteiger partial charge in [0.25, 0.3) is 0 Å². The van der Waals surface area contributed by atoms with E-state index in [1.807, 2.05) is 0 Å². The van der Waals surface area contributed by atoms with Gasteiger partial charge in [0.15, 0.2) is 11.7 Å². The first kappa shape index (κ1) is 15.2. The average Bonchev–Trinajstić information content (AvgIpc) is 2.29. The molecule has 1 amide bonds. The molecule has 0 aliphatic carbocycles. The molecule has 0 bridgehead atoms. The van der Waals surface area contributed by atoms with Crippen LogP contribution in [0, 0.1) is 0 Å². The lowest BCUT2D eigenvalue weighted by Crippen LogP contribution is -2.24. The summed E-state index contributed by atoms with van der Waals surface area (Å²) >= 11 is 3.29. The van der Waals surface area contributed by atoms with Crippen molar-refractivity contribution in [3.63, 3.8) is 0 Å². The summed E-state index contributed by atoms with van der Waals surface area (Å²) in [7, 11) is 0. The van der Waals surface area contributed by atoms with Crippen LogP contribution in [0.1, 0.15) is 10.6 Å². The molecule has 100 valence electrons. The Bertz CT molecular complexity index is 723. The fourth-order valence-corrected chi connectivity index (χ4v) is 1.94. The lowest BCUT2D eigenvalue weighted by molar-refractivity contribution is 0.0972. The zero-order valence-corrected chi connectivity index (χ0v) is 11.8. The molecule has 0 saturated heterocycles. The number of guanidine groups is 1. The van der Waals surface area contributed by atoms with Gasteiger partial charge in [-0.25, -0.2) is 4.79 Å². The second-order valence-corrected chi connectivity index (χ2v) is 4.30. The van der Waals surface area contributed by atoms with Crippen LogP contribution in [-0.4, -0.2) is 11.9 Å². The molecule has 6 nitrogen and oxygen atoms in total. The molecule has 0 radical (unpaired) electrons. The quantitative estimate of drug-likeness (QED) is 0.598. The number of nitrogens with zero attached hydrogens (tertiary/aromatic N) is 1. The van der Waals surface area contributed by atoms with Crippen LogP contribution in [0.3, 0.4) is 0 Å². The first-order chi connectivity index (χ1) is 8.49. The Morgan fingerprint density at radius 2 is 1.95 bits per heavy atom. The topological polar surface area (TPSA) is 112 Å². The third-order valence-corrected chi connectivity index (χ3v) is 2.88. The minimum absolute atomic E-state index is 0. The summed E-state index contributed by atoms with van der Waals surface area (Å²) in [4.78, 5) is 26.6. The maximum Gasteiger partial charge on any atom is 0.344 e. The first-order valence-electron chi connectivity index (χ1n) is 4.85. The van der Waals surface area contributed by atoms with E-state index >= 15 is 0 Å². The van der Waals surface area contributed by atoms with Crippen molar-refractivity contribution in [3.8, 4) is 0 Å². The summed E-state index contributed by atoms with van der Waals surface area (Å²) < 4.78 is 5.54. The molecular weight excluding hydrogens is 337 g/mol. The van der Waals surface area contributed by atoms with E-state index in [0.717, 1.165) is 0 Å². The normalized spacial score (nSPS) is 9.74. The van der Waals surface area contributed by atoms with Crippen LogP contribution in [0.25, 0.3) is 10.8 Å². The number of carbonyl (C=O) groups is 1. The van der Waals surface area contributed by atoms with Crippen LogP contribution in [0.4, 0.5) is 0 Å². The largest absolute Gasteiger partial charge is 0.417 e. The lowest BCUT2D eigenvalue weighted by atomic mass is 10.1. The van der Waals surface area contributed by atoms with E-state index in [0.29, 0.717) is 15.2 Å². The second kappa shape index (κ2) is 5.85. The molecule has 0 atom stereocenters.